The molecular formula is C16H21ClN2O3. The fourth-order valence-electron chi connectivity index (χ4n) is 2.26. The summed E-state index contributed by atoms with van der Waals surface area (Å²) in [4.78, 5) is 25.8. The Bertz CT molecular complexity index is 599. The molecule has 1 atom stereocenters. The summed E-state index contributed by atoms with van der Waals surface area (Å²) in [5, 5.41) is 13.2. The first-order chi connectivity index (χ1) is 10.2. The van der Waals surface area contributed by atoms with Crippen molar-refractivity contribution in [2.24, 2.45) is 5.92 Å². The number of hydrogen-bond donors (Lipinski definition) is 2. The number of nitrogens with zero attached hydrogens (tertiary/aromatic N) is 1. The van der Waals surface area contributed by atoms with Gasteiger partial charge in [-0.1, -0.05) is 31.5 Å². The van der Waals surface area contributed by atoms with E-state index < -0.39 is 17.4 Å². The third-order valence-electron chi connectivity index (χ3n) is 4.26. The second-order valence-electron chi connectivity index (χ2n) is 6.14. The smallest absolute Gasteiger partial charge is 0.316 e. The quantitative estimate of drug-likeness (QED) is 0.832. The normalized spacial score (nSPS) is 16.4. The molecule has 0 aliphatic carbocycles. The van der Waals surface area contributed by atoms with Gasteiger partial charge in [0.25, 0.3) is 0 Å². The zero-order valence-corrected chi connectivity index (χ0v) is 13.8. The number of anilines is 1. The van der Waals surface area contributed by atoms with Gasteiger partial charge in [0.1, 0.15) is 0 Å². The highest BCUT2D eigenvalue weighted by atomic mass is 35.5. The summed E-state index contributed by atoms with van der Waals surface area (Å²) < 4.78 is 0. The Labute approximate surface area is 135 Å². The van der Waals surface area contributed by atoms with Crippen LogP contribution in [0.5, 0.6) is 0 Å². The number of rotatable bonds is 3. The van der Waals surface area contributed by atoms with E-state index in [1.165, 1.54) is 4.90 Å². The Balaban J connectivity index is 2.05. The molecule has 5 nitrogen and oxygen atoms in total. The monoisotopic (exact) mass is 324 g/mol. The Morgan fingerprint density at radius 2 is 2.14 bits per heavy atom. The molecular weight excluding hydrogens is 304 g/mol. The molecule has 2 rings (SSSR count). The molecule has 0 saturated carbocycles. The van der Waals surface area contributed by atoms with Crippen molar-refractivity contribution in [2.45, 2.75) is 32.8 Å². The van der Waals surface area contributed by atoms with Crippen molar-refractivity contribution in [1.29, 1.82) is 0 Å². The average Bonchev–Trinajstić information content (AvgIpc) is 2.89. The van der Waals surface area contributed by atoms with E-state index in [9.17, 15) is 14.7 Å². The van der Waals surface area contributed by atoms with E-state index in [4.69, 9.17) is 11.6 Å². The van der Waals surface area contributed by atoms with Gasteiger partial charge in [0, 0.05) is 23.8 Å². The third-order valence-corrected chi connectivity index (χ3v) is 4.61. The summed E-state index contributed by atoms with van der Waals surface area (Å²) in [7, 11) is 0. The number of benzene rings is 1. The van der Waals surface area contributed by atoms with E-state index in [0.717, 1.165) is 5.56 Å². The molecule has 0 spiro atoms. The Kier molecular flexibility index (Phi) is 4.78. The fraction of sp³-hybridized carbons (Fsp3) is 0.500. The minimum atomic E-state index is -1.05. The van der Waals surface area contributed by atoms with Crippen LogP contribution in [0.15, 0.2) is 18.2 Å². The molecule has 1 aromatic rings. The first-order valence-corrected chi connectivity index (χ1v) is 7.71. The lowest BCUT2D eigenvalue weighted by Crippen LogP contribution is -2.49. The molecule has 0 fully saturated rings. The van der Waals surface area contributed by atoms with Gasteiger partial charge in [0.05, 0.1) is 5.60 Å². The Morgan fingerprint density at radius 1 is 1.45 bits per heavy atom. The highest BCUT2D eigenvalue weighted by molar-refractivity contribution is 6.41. The molecule has 120 valence electrons. The van der Waals surface area contributed by atoms with Crippen LogP contribution in [0.25, 0.3) is 0 Å². The van der Waals surface area contributed by atoms with Gasteiger partial charge in [-0.25, -0.2) is 0 Å². The van der Waals surface area contributed by atoms with Crippen molar-refractivity contribution in [2.75, 3.05) is 18.0 Å². The lowest BCUT2D eigenvalue weighted by Gasteiger charge is -2.28. The number of hydrogen-bond acceptors (Lipinski definition) is 3. The summed E-state index contributed by atoms with van der Waals surface area (Å²) >= 11 is 6.10. The number of aliphatic hydroxyl groups is 1. The summed E-state index contributed by atoms with van der Waals surface area (Å²) in [5.41, 5.74) is 0.519. The first-order valence-electron chi connectivity index (χ1n) is 7.33. The van der Waals surface area contributed by atoms with Crippen molar-refractivity contribution < 1.29 is 14.7 Å². The van der Waals surface area contributed by atoms with E-state index >= 15 is 0 Å². The van der Waals surface area contributed by atoms with Crippen LogP contribution < -0.4 is 10.2 Å². The molecule has 1 unspecified atom stereocenters. The van der Waals surface area contributed by atoms with Crippen molar-refractivity contribution >= 4 is 29.1 Å². The van der Waals surface area contributed by atoms with Crippen LogP contribution in [0.3, 0.4) is 0 Å². The maximum atomic E-state index is 12.3. The lowest BCUT2D eigenvalue weighted by molar-refractivity contribution is -0.138. The number of carbonyl (C=O) groups excluding carboxylic acids is 2. The van der Waals surface area contributed by atoms with Gasteiger partial charge in [-0.3, -0.25) is 9.59 Å². The molecule has 1 aromatic carbocycles. The predicted octanol–water partition coefficient (Wildman–Crippen LogP) is 1.75. The highest BCUT2D eigenvalue weighted by Crippen LogP contribution is 2.33. The minimum absolute atomic E-state index is 0.0331. The SMILES string of the molecule is CC(C)C(C)(O)CNC(=O)C(=O)N1CCc2c(Cl)cccc21. The minimum Gasteiger partial charge on any atom is -0.388 e. The van der Waals surface area contributed by atoms with Crippen LogP contribution in [0, 0.1) is 5.92 Å². The number of carbonyl (C=O) groups is 2. The van der Waals surface area contributed by atoms with Crippen LogP contribution in [-0.2, 0) is 16.0 Å². The van der Waals surface area contributed by atoms with Gasteiger partial charge in [-0.05, 0) is 37.0 Å². The van der Waals surface area contributed by atoms with Crippen LogP contribution in [-0.4, -0.2) is 35.6 Å². The lowest BCUT2D eigenvalue weighted by atomic mass is 9.92. The molecule has 0 saturated heterocycles. The summed E-state index contributed by atoms with van der Waals surface area (Å²) in [6, 6.07) is 5.31. The second-order valence-corrected chi connectivity index (χ2v) is 6.55. The van der Waals surface area contributed by atoms with E-state index in [-0.39, 0.29) is 12.5 Å². The number of halogens is 1. The van der Waals surface area contributed by atoms with Crippen molar-refractivity contribution in [3.05, 3.63) is 28.8 Å². The van der Waals surface area contributed by atoms with Crippen LogP contribution in [0.2, 0.25) is 5.02 Å². The molecule has 22 heavy (non-hydrogen) atoms. The van der Waals surface area contributed by atoms with Crippen molar-refractivity contribution in [1.82, 2.24) is 5.32 Å². The maximum absolute atomic E-state index is 12.3. The van der Waals surface area contributed by atoms with Crippen LogP contribution in [0.1, 0.15) is 26.3 Å². The highest BCUT2D eigenvalue weighted by Gasteiger charge is 2.32. The maximum Gasteiger partial charge on any atom is 0.316 e. The molecule has 1 heterocycles. The summed E-state index contributed by atoms with van der Waals surface area (Å²) in [5.74, 6) is -1.37. The number of fused-ring (bicyclic) bond motifs is 1. The standard InChI is InChI=1S/C16H21ClN2O3/c1-10(2)16(3,22)9-18-14(20)15(21)19-8-7-11-12(17)5-4-6-13(11)19/h4-6,10,22H,7-9H2,1-3H3,(H,18,20). The summed E-state index contributed by atoms with van der Waals surface area (Å²) in [6.07, 6.45) is 0.637. The van der Waals surface area contributed by atoms with Gasteiger partial charge in [-0.2, -0.15) is 0 Å². The molecule has 2 amide bonds. The molecule has 6 heteroatoms. The first kappa shape index (κ1) is 16.8. The van der Waals surface area contributed by atoms with Gasteiger partial charge in [0.15, 0.2) is 0 Å². The van der Waals surface area contributed by atoms with Gasteiger partial charge in [0.2, 0.25) is 0 Å². The molecule has 0 aromatic heterocycles. The largest absolute Gasteiger partial charge is 0.388 e. The number of nitrogens with one attached hydrogen (secondary N) is 1. The van der Waals surface area contributed by atoms with Crippen molar-refractivity contribution in [3.8, 4) is 0 Å². The fourth-order valence-corrected chi connectivity index (χ4v) is 2.53. The predicted molar refractivity (Wildman–Crippen MR) is 86.0 cm³/mol. The van der Waals surface area contributed by atoms with E-state index in [1.54, 1.807) is 25.1 Å². The van der Waals surface area contributed by atoms with Gasteiger partial charge < -0.3 is 15.3 Å². The topological polar surface area (TPSA) is 69.6 Å². The van der Waals surface area contributed by atoms with Gasteiger partial charge in [-0.15, -0.1) is 0 Å². The van der Waals surface area contributed by atoms with Crippen LogP contribution in [0.4, 0.5) is 5.69 Å². The molecule has 0 bridgehead atoms. The third kappa shape index (κ3) is 3.25. The summed E-state index contributed by atoms with van der Waals surface area (Å²) in [6.45, 7) is 5.81. The molecule has 2 N–H and O–H groups in total. The Hall–Kier alpha value is -1.59. The van der Waals surface area contributed by atoms with Crippen LogP contribution >= 0.6 is 11.6 Å². The molecule has 1 aliphatic rings. The zero-order chi connectivity index (χ0) is 16.5. The van der Waals surface area contributed by atoms with E-state index in [2.05, 4.69) is 5.32 Å². The Morgan fingerprint density at radius 3 is 2.77 bits per heavy atom. The average molecular weight is 325 g/mol. The number of amides is 2. The van der Waals surface area contributed by atoms with E-state index in [0.29, 0.717) is 23.7 Å². The van der Waals surface area contributed by atoms with E-state index in [1.807, 2.05) is 13.8 Å². The second kappa shape index (κ2) is 6.26. The molecule has 0 radical (unpaired) electrons. The van der Waals surface area contributed by atoms with Crippen molar-refractivity contribution in [3.63, 3.8) is 0 Å². The zero-order valence-electron chi connectivity index (χ0n) is 13.0. The molecule has 1 aliphatic heterocycles. The van der Waals surface area contributed by atoms with Gasteiger partial charge >= 0.3 is 11.8 Å².